The van der Waals surface area contributed by atoms with Gasteiger partial charge < -0.3 is 14.7 Å². The van der Waals surface area contributed by atoms with Gasteiger partial charge in [-0.3, -0.25) is 9.59 Å². The van der Waals surface area contributed by atoms with Crippen LogP contribution in [-0.2, 0) is 4.79 Å². The number of amides is 2. The average Bonchev–Trinajstić information content (AvgIpc) is 3.18. The van der Waals surface area contributed by atoms with Crippen molar-refractivity contribution in [3.63, 3.8) is 0 Å². The number of pyridine rings is 1. The number of anilines is 1. The number of rotatable bonds is 5. The Balaban J connectivity index is 1.29. The van der Waals surface area contributed by atoms with Gasteiger partial charge in [0.15, 0.2) is 0 Å². The maximum absolute atomic E-state index is 12.9. The van der Waals surface area contributed by atoms with Crippen LogP contribution in [0.5, 0.6) is 0 Å². The van der Waals surface area contributed by atoms with Gasteiger partial charge in [0.25, 0.3) is 5.91 Å². The van der Waals surface area contributed by atoms with Crippen LogP contribution in [0.25, 0.3) is 0 Å². The zero-order valence-corrected chi connectivity index (χ0v) is 17.7. The summed E-state index contributed by atoms with van der Waals surface area (Å²) in [5.41, 5.74) is 0.680. The summed E-state index contributed by atoms with van der Waals surface area (Å²) >= 11 is 0. The Labute approximate surface area is 174 Å². The van der Waals surface area contributed by atoms with Gasteiger partial charge in [-0.15, -0.1) is 0 Å². The molecule has 0 aromatic carbocycles. The lowest BCUT2D eigenvalue weighted by Gasteiger charge is -2.34. The normalized spacial score (nSPS) is 21.6. The summed E-state index contributed by atoms with van der Waals surface area (Å²) in [5.74, 6) is 1.86. The van der Waals surface area contributed by atoms with E-state index in [2.05, 4.69) is 16.9 Å². The monoisotopic (exact) mass is 398 g/mol. The molecule has 1 saturated carbocycles. The lowest BCUT2D eigenvalue weighted by atomic mass is 9.94. The Morgan fingerprint density at radius 2 is 1.83 bits per heavy atom. The summed E-state index contributed by atoms with van der Waals surface area (Å²) in [7, 11) is 2.12. The van der Waals surface area contributed by atoms with Crippen molar-refractivity contribution in [2.24, 2.45) is 5.92 Å². The Kier molecular flexibility index (Phi) is 6.36. The Hall–Kier alpha value is -2.11. The minimum atomic E-state index is 0.0834. The second kappa shape index (κ2) is 9.14. The molecule has 0 bridgehead atoms. The summed E-state index contributed by atoms with van der Waals surface area (Å²) in [4.78, 5) is 35.6. The van der Waals surface area contributed by atoms with E-state index in [-0.39, 0.29) is 5.91 Å². The molecule has 1 aromatic heterocycles. The molecular weight excluding hydrogens is 364 g/mol. The largest absolute Gasteiger partial charge is 0.357 e. The van der Waals surface area contributed by atoms with E-state index in [4.69, 9.17) is 0 Å². The van der Waals surface area contributed by atoms with Crippen molar-refractivity contribution in [2.45, 2.75) is 63.8 Å². The van der Waals surface area contributed by atoms with Crippen LogP contribution in [0.2, 0.25) is 0 Å². The van der Waals surface area contributed by atoms with Crippen LogP contribution in [0.15, 0.2) is 18.3 Å². The number of likely N-dealkylation sites (tertiary alicyclic amines) is 2. The highest BCUT2D eigenvalue weighted by molar-refractivity contribution is 5.94. The minimum absolute atomic E-state index is 0.0834. The van der Waals surface area contributed by atoms with Crippen molar-refractivity contribution >= 4 is 17.6 Å². The first-order valence-corrected chi connectivity index (χ1v) is 11.4. The van der Waals surface area contributed by atoms with Gasteiger partial charge in [0.2, 0.25) is 5.91 Å². The van der Waals surface area contributed by atoms with Crippen molar-refractivity contribution in [2.75, 3.05) is 38.1 Å². The lowest BCUT2D eigenvalue weighted by molar-refractivity contribution is -0.128. The molecule has 2 saturated heterocycles. The fourth-order valence-electron chi connectivity index (χ4n) is 5.09. The number of carbonyl (C=O) groups is 2. The standard InChI is InChI=1S/C23H34N4O2/c1-25(20-6-3-2-4-7-20)21-10-9-19(16-24-21)23(29)26-14-11-18(12-15-26)17-27-13-5-8-22(27)28/h9-10,16,18,20H,2-8,11-15,17H2,1H3. The maximum atomic E-state index is 12.9. The number of aromatic nitrogens is 1. The molecule has 29 heavy (non-hydrogen) atoms. The zero-order chi connectivity index (χ0) is 20.2. The highest BCUT2D eigenvalue weighted by atomic mass is 16.2. The van der Waals surface area contributed by atoms with Crippen molar-refractivity contribution in [3.8, 4) is 0 Å². The van der Waals surface area contributed by atoms with E-state index in [0.29, 0.717) is 29.9 Å². The number of piperidine rings is 1. The van der Waals surface area contributed by atoms with E-state index < -0.39 is 0 Å². The van der Waals surface area contributed by atoms with Crippen LogP contribution in [0.4, 0.5) is 5.82 Å². The van der Waals surface area contributed by atoms with Crippen LogP contribution < -0.4 is 4.90 Å². The number of carbonyl (C=O) groups excluding carboxylic acids is 2. The van der Waals surface area contributed by atoms with Crippen molar-refractivity contribution in [3.05, 3.63) is 23.9 Å². The highest BCUT2D eigenvalue weighted by Crippen LogP contribution is 2.26. The molecule has 3 heterocycles. The number of nitrogens with zero attached hydrogens (tertiary/aromatic N) is 4. The van der Waals surface area contributed by atoms with Crippen molar-refractivity contribution < 1.29 is 9.59 Å². The Morgan fingerprint density at radius 3 is 2.45 bits per heavy atom. The van der Waals surface area contributed by atoms with Gasteiger partial charge in [-0.2, -0.15) is 0 Å². The number of hydrogen-bond donors (Lipinski definition) is 0. The van der Waals surface area contributed by atoms with Crippen molar-refractivity contribution in [1.29, 1.82) is 0 Å². The second-order valence-corrected chi connectivity index (χ2v) is 8.99. The van der Waals surface area contributed by atoms with Gasteiger partial charge in [0, 0.05) is 51.9 Å². The first-order chi connectivity index (χ1) is 14.1. The van der Waals surface area contributed by atoms with Crippen LogP contribution >= 0.6 is 0 Å². The molecule has 158 valence electrons. The SMILES string of the molecule is CN(c1ccc(C(=O)N2CCC(CN3CCCC3=O)CC2)cn1)C1CCCCC1. The van der Waals surface area contributed by atoms with E-state index in [1.54, 1.807) is 6.20 Å². The third-order valence-corrected chi connectivity index (χ3v) is 7.03. The van der Waals surface area contributed by atoms with Gasteiger partial charge in [0.1, 0.15) is 5.82 Å². The molecule has 0 spiro atoms. The molecule has 3 fully saturated rings. The first kappa shape index (κ1) is 20.2. The lowest BCUT2D eigenvalue weighted by Crippen LogP contribution is -2.42. The van der Waals surface area contributed by atoms with Crippen molar-refractivity contribution in [1.82, 2.24) is 14.8 Å². The topological polar surface area (TPSA) is 56.8 Å². The molecule has 0 atom stereocenters. The molecule has 0 unspecified atom stereocenters. The molecule has 6 nitrogen and oxygen atoms in total. The van der Waals surface area contributed by atoms with Gasteiger partial charge in [-0.1, -0.05) is 19.3 Å². The number of hydrogen-bond acceptors (Lipinski definition) is 4. The summed E-state index contributed by atoms with van der Waals surface area (Å²) in [6, 6.07) is 4.49. The second-order valence-electron chi connectivity index (χ2n) is 8.99. The van der Waals surface area contributed by atoms with Crippen LogP contribution in [0.3, 0.4) is 0 Å². The summed E-state index contributed by atoms with van der Waals surface area (Å²) < 4.78 is 0. The van der Waals surface area contributed by atoms with Crippen LogP contribution in [-0.4, -0.2) is 65.9 Å². The highest BCUT2D eigenvalue weighted by Gasteiger charge is 2.28. The smallest absolute Gasteiger partial charge is 0.255 e. The molecule has 4 rings (SSSR count). The first-order valence-electron chi connectivity index (χ1n) is 11.4. The molecule has 3 aliphatic rings. The summed E-state index contributed by atoms with van der Waals surface area (Å²) in [6.07, 6.45) is 11.8. The van der Waals surface area contributed by atoms with E-state index in [1.807, 2.05) is 21.9 Å². The van der Waals surface area contributed by atoms with Crippen LogP contribution in [0, 0.1) is 5.92 Å². The molecule has 2 aliphatic heterocycles. The fourth-order valence-corrected chi connectivity index (χ4v) is 5.09. The summed E-state index contributed by atoms with van der Waals surface area (Å²) in [5, 5.41) is 0. The predicted octanol–water partition coefficient (Wildman–Crippen LogP) is 3.33. The molecule has 2 amide bonds. The molecule has 1 aromatic rings. The molecule has 1 aliphatic carbocycles. The van der Waals surface area contributed by atoms with E-state index in [9.17, 15) is 9.59 Å². The van der Waals surface area contributed by atoms with E-state index >= 15 is 0 Å². The minimum Gasteiger partial charge on any atom is -0.357 e. The maximum Gasteiger partial charge on any atom is 0.255 e. The molecule has 0 N–H and O–H groups in total. The van der Waals surface area contributed by atoms with Crippen LogP contribution in [0.1, 0.15) is 68.1 Å². The fraction of sp³-hybridized carbons (Fsp3) is 0.696. The third-order valence-electron chi connectivity index (χ3n) is 7.03. The van der Waals surface area contributed by atoms with Gasteiger partial charge in [0.05, 0.1) is 5.56 Å². The Bertz CT molecular complexity index is 706. The van der Waals surface area contributed by atoms with Gasteiger partial charge >= 0.3 is 0 Å². The summed E-state index contributed by atoms with van der Waals surface area (Å²) in [6.45, 7) is 3.32. The molecule has 6 heteroatoms. The van der Waals surface area contributed by atoms with Gasteiger partial charge in [-0.05, 0) is 50.2 Å². The molecule has 0 radical (unpaired) electrons. The third kappa shape index (κ3) is 4.73. The zero-order valence-electron chi connectivity index (χ0n) is 17.7. The van der Waals surface area contributed by atoms with E-state index in [1.165, 1.54) is 32.1 Å². The quantitative estimate of drug-likeness (QED) is 0.763. The predicted molar refractivity (Wildman–Crippen MR) is 114 cm³/mol. The van der Waals surface area contributed by atoms with Gasteiger partial charge in [-0.25, -0.2) is 4.98 Å². The average molecular weight is 399 g/mol. The van der Waals surface area contributed by atoms with E-state index in [0.717, 1.165) is 51.3 Å². The Morgan fingerprint density at radius 1 is 1.07 bits per heavy atom. The molecular formula is C23H34N4O2.